The van der Waals surface area contributed by atoms with Crippen LogP contribution < -0.4 is 32.6 Å². The smallest absolute Gasteiger partial charge is 0.322 e. The zero-order valence-corrected chi connectivity index (χ0v) is 43.8. The fourth-order valence-electron chi connectivity index (χ4n) is 8.46. The van der Waals surface area contributed by atoms with E-state index >= 15 is 0 Å². The van der Waals surface area contributed by atoms with E-state index < -0.39 is 127 Å². The number of benzene rings is 6. The Morgan fingerprint density at radius 2 is 0.744 bits per heavy atom. The van der Waals surface area contributed by atoms with Crippen molar-refractivity contribution in [3.8, 4) is 0 Å². The van der Waals surface area contributed by atoms with Crippen molar-refractivity contribution in [3.05, 3.63) is 228 Å². The molecule has 82 heavy (non-hydrogen) atoms. The third kappa shape index (κ3) is 12.6. The molecule has 3 heterocycles. The van der Waals surface area contributed by atoms with Crippen molar-refractivity contribution in [3.63, 3.8) is 0 Å². The molecular weight excluding hydrogens is 1100 g/mol. The van der Waals surface area contributed by atoms with Gasteiger partial charge in [0.05, 0.1) is 45.7 Å². The van der Waals surface area contributed by atoms with Gasteiger partial charge in [0, 0.05) is 45.4 Å². The first-order valence-corrected chi connectivity index (χ1v) is 24.4. The molecule has 0 fully saturated rings. The van der Waals surface area contributed by atoms with E-state index in [0.29, 0.717) is 16.7 Å². The summed E-state index contributed by atoms with van der Waals surface area (Å²) >= 11 is 0. The van der Waals surface area contributed by atoms with E-state index in [0.717, 1.165) is 29.2 Å². The van der Waals surface area contributed by atoms with Crippen molar-refractivity contribution in [2.45, 2.75) is 38.9 Å². The van der Waals surface area contributed by atoms with Crippen molar-refractivity contribution in [1.29, 1.82) is 0 Å². The summed E-state index contributed by atoms with van der Waals surface area (Å²) in [5.74, 6) is -10.6. The molecule has 6 N–H and O–H groups in total. The number of fused-ring (bicyclic) bond motifs is 3. The normalized spacial score (nSPS) is 12.0. The van der Waals surface area contributed by atoms with E-state index in [1.165, 1.54) is 122 Å². The van der Waals surface area contributed by atoms with Crippen molar-refractivity contribution < 1.29 is 58.3 Å². The molecule has 426 valence electrons. The van der Waals surface area contributed by atoms with Crippen LogP contribution in [0.1, 0.15) is 55.6 Å². The minimum absolute atomic E-state index is 0.0148. The Labute approximate surface area is 457 Å². The fraction of sp³-hybridized carbons (Fsp3) is 0.158. The summed E-state index contributed by atoms with van der Waals surface area (Å²) in [4.78, 5) is 83.8. The number of hydrogen-bond acceptors (Lipinski definition) is 6. The molecule has 3 aromatic heterocycles. The monoisotopic (exact) mass is 1140 g/mol. The van der Waals surface area contributed by atoms with Gasteiger partial charge in [0.2, 0.25) is 0 Å². The lowest BCUT2D eigenvalue weighted by molar-refractivity contribution is 0.208. The minimum atomic E-state index is -1.29. The van der Waals surface area contributed by atoms with Crippen LogP contribution in [0.15, 0.2) is 136 Å². The first-order chi connectivity index (χ1) is 38.8. The van der Waals surface area contributed by atoms with E-state index in [-0.39, 0.29) is 33.2 Å². The molecule has 3 atom stereocenters. The van der Waals surface area contributed by atoms with E-state index in [2.05, 4.69) is 30.9 Å². The van der Waals surface area contributed by atoms with Crippen LogP contribution in [0.5, 0.6) is 0 Å². The Morgan fingerprint density at radius 3 is 1.15 bits per heavy atom. The van der Waals surface area contributed by atoms with Crippen LogP contribution in [0.25, 0.3) is 32.3 Å². The maximum atomic E-state index is 14.1. The quantitative estimate of drug-likeness (QED) is 0.0778. The first-order valence-electron chi connectivity index (χ1n) is 24.4. The second-order valence-corrected chi connectivity index (χ2v) is 18.3. The number of aromatic amines is 3. The number of anilines is 3. The average Bonchev–Trinajstić information content (AvgIpc) is 2.61. The highest BCUT2D eigenvalue weighted by molar-refractivity contribution is 5.93. The molecule has 0 saturated carbocycles. The van der Waals surface area contributed by atoms with Crippen molar-refractivity contribution in [1.82, 2.24) is 29.7 Å². The summed E-state index contributed by atoms with van der Waals surface area (Å²) in [5.41, 5.74) is -1.21. The molecule has 0 aliphatic heterocycles. The largest absolute Gasteiger partial charge is 0.328 e. The third-order valence-corrected chi connectivity index (χ3v) is 13.4. The highest BCUT2D eigenvalue weighted by Crippen LogP contribution is 2.32. The van der Waals surface area contributed by atoms with Crippen LogP contribution in [0.4, 0.5) is 75.3 Å². The Hall–Kier alpha value is -9.94. The van der Waals surface area contributed by atoms with E-state index in [1.54, 1.807) is 26.8 Å². The van der Waals surface area contributed by atoms with Gasteiger partial charge in [-0.1, -0.05) is 42.5 Å². The number of carbonyl (C=O) groups excluding carboxylic acids is 3. The van der Waals surface area contributed by atoms with Gasteiger partial charge in [-0.05, 0) is 114 Å². The van der Waals surface area contributed by atoms with Crippen LogP contribution in [0, 0.1) is 58.2 Å². The molecule has 0 bridgehead atoms. The molecule has 15 nitrogen and oxygen atoms in total. The van der Waals surface area contributed by atoms with Crippen LogP contribution in [0.3, 0.4) is 0 Å². The highest BCUT2D eigenvalue weighted by Gasteiger charge is 2.26. The van der Waals surface area contributed by atoms with Crippen LogP contribution in [-0.4, -0.2) is 68.9 Å². The number of aromatic nitrogens is 3. The first kappa shape index (κ1) is 59.7. The van der Waals surface area contributed by atoms with E-state index in [1.807, 2.05) is 0 Å². The lowest BCUT2D eigenvalue weighted by Crippen LogP contribution is -2.34. The number of carbonyl (C=O) groups is 3. The van der Waals surface area contributed by atoms with Gasteiger partial charge >= 0.3 is 18.1 Å². The summed E-state index contributed by atoms with van der Waals surface area (Å²) < 4.78 is 137. The SMILES string of the molecule is CC(c1c[nH]c(=O)c2c(F)c(F)ccc12)N(C)C(=O)Nc1cccc(F)c1.CC(c1c[nH]c(=O)c2c(F)c(F)ccc12)N(C)C(=O)Nc1cccc(F)c1F.CC(c1c[nH]c(=O)c2c(F)c(F)ccc12)N(C)C(=O)Nc1ccccc1F. The van der Waals surface area contributed by atoms with Crippen molar-refractivity contribution in [2.75, 3.05) is 37.1 Å². The van der Waals surface area contributed by atoms with Crippen molar-refractivity contribution in [2.24, 2.45) is 0 Å². The van der Waals surface area contributed by atoms with E-state index in [9.17, 15) is 72.7 Å². The zero-order chi connectivity index (χ0) is 60.0. The minimum Gasteiger partial charge on any atom is -0.328 e. The topological polar surface area (TPSA) is 196 Å². The molecule has 0 radical (unpaired) electrons. The van der Waals surface area contributed by atoms with Crippen molar-refractivity contribution >= 4 is 67.5 Å². The van der Waals surface area contributed by atoms with Gasteiger partial charge in [0.1, 0.15) is 11.6 Å². The lowest BCUT2D eigenvalue weighted by atomic mass is 10.0. The molecule has 6 amide bonds. The van der Waals surface area contributed by atoms with Crippen LogP contribution in [0.2, 0.25) is 0 Å². The van der Waals surface area contributed by atoms with Gasteiger partial charge in [0.15, 0.2) is 46.5 Å². The van der Waals surface area contributed by atoms with Crippen LogP contribution >= 0.6 is 0 Å². The number of nitrogens with one attached hydrogen (secondary N) is 6. The Balaban J connectivity index is 0.000000177. The Bertz CT molecular complexity index is 4120. The lowest BCUT2D eigenvalue weighted by Gasteiger charge is -2.26. The molecule has 3 unspecified atom stereocenters. The maximum Gasteiger partial charge on any atom is 0.322 e. The molecule has 0 spiro atoms. The number of nitrogens with zero attached hydrogens (tertiary/aromatic N) is 3. The van der Waals surface area contributed by atoms with Crippen LogP contribution in [-0.2, 0) is 0 Å². The standard InChI is InChI=1S/C19H15F4N3O2.2C19H16F3N3O2/c1-9(26(2)19(28)25-14-5-3-4-12(20)16(14)22)11-8-24-18(27)15-10(11)6-7-13(21)17(15)23;1-10(25(2)19(27)24-12-5-3-4-11(20)8-12)14-9-23-18(26)16-13(14)6-7-15(21)17(16)22;1-10(25(2)19(27)24-15-6-4-3-5-13(15)20)12-9-23-18(26)16-11(12)7-8-14(21)17(16)22/h3-9H,1-2H3,(H,24,27)(H,25,28);2*3-10H,1-2H3,(H,23,26)(H,24,27). The van der Waals surface area contributed by atoms with Gasteiger partial charge in [-0.2, -0.15) is 0 Å². The maximum absolute atomic E-state index is 14.1. The highest BCUT2D eigenvalue weighted by atomic mass is 19.2. The van der Waals surface area contributed by atoms with Gasteiger partial charge in [-0.25, -0.2) is 58.3 Å². The molecule has 0 saturated heterocycles. The number of pyridine rings is 3. The molecule has 9 rings (SSSR count). The number of para-hydroxylation sites is 1. The summed E-state index contributed by atoms with van der Waals surface area (Å²) in [6.07, 6.45) is 4.00. The van der Waals surface area contributed by atoms with Gasteiger partial charge < -0.3 is 45.6 Å². The summed E-state index contributed by atoms with van der Waals surface area (Å²) in [6, 6.07) is 17.2. The molecular formula is C57H47F10N9O6. The van der Waals surface area contributed by atoms with Gasteiger partial charge in [-0.15, -0.1) is 0 Å². The predicted molar refractivity (Wildman–Crippen MR) is 288 cm³/mol. The number of halogens is 10. The number of H-pyrrole nitrogens is 3. The van der Waals surface area contributed by atoms with Gasteiger partial charge in [0.25, 0.3) is 16.7 Å². The van der Waals surface area contributed by atoms with Gasteiger partial charge in [-0.3, -0.25) is 14.4 Å². The molecule has 6 aromatic carbocycles. The number of rotatable bonds is 9. The summed E-state index contributed by atoms with van der Waals surface area (Å²) in [6.45, 7) is 4.89. The second-order valence-electron chi connectivity index (χ2n) is 18.3. The number of amides is 6. The summed E-state index contributed by atoms with van der Waals surface area (Å²) in [7, 11) is 4.35. The zero-order valence-electron chi connectivity index (χ0n) is 43.8. The Morgan fingerprint density at radius 1 is 0.402 bits per heavy atom. The molecule has 9 aromatic rings. The number of hydrogen-bond donors (Lipinski definition) is 6. The Kier molecular flexibility index (Phi) is 18.2. The molecule has 0 aliphatic rings. The predicted octanol–water partition coefficient (Wildman–Crippen LogP) is 12.6. The molecule has 25 heteroatoms. The molecule has 0 aliphatic carbocycles. The third-order valence-electron chi connectivity index (χ3n) is 13.4. The summed E-state index contributed by atoms with van der Waals surface area (Å²) in [5, 5.41) is 6.49. The van der Waals surface area contributed by atoms with E-state index in [4.69, 9.17) is 0 Å². The average molecular weight is 1140 g/mol. The number of urea groups is 3. The second kappa shape index (κ2) is 25.0. The fourth-order valence-corrected chi connectivity index (χ4v) is 8.46.